The number of pyridine rings is 1. The lowest BCUT2D eigenvalue weighted by molar-refractivity contribution is 0.0715. The highest BCUT2D eigenvalue weighted by Gasteiger charge is 2.32. The van der Waals surface area contributed by atoms with Crippen molar-refractivity contribution in [2.24, 2.45) is 0 Å². The Kier molecular flexibility index (Phi) is 4.99. The summed E-state index contributed by atoms with van der Waals surface area (Å²) >= 11 is 0. The molecule has 1 N–H and O–H groups in total. The second kappa shape index (κ2) is 7.56. The van der Waals surface area contributed by atoms with Gasteiger partial charge in [0, 0.05) is 41.5 Å². The molecule has 0 aliphatic heterocycles. The van der Waals surface area contributed by atoms with E-state index in [2.05, 4.69) is 10.3 Å². The first-order chi connectivity index (χ1) is 13.2. The molecule has 0 bridgehead atoms. The Hall–Kier alpha value is -2.60. The normalized spacial score (nSPS) is 19.1. The van der Waals surface area contributed by atoms with Gasteiger partial charge in [-0.2, -0.15) is 0 Å². The van der Waals surface area contributed by atoms with Crippen molar-refractivity contribution >= 4 is 10.8 Å². The van der Waals surface area contributed by atoms with Gasteiger partial charge in [0.05, 0.1) is 0 Å². The smallest absolute Gasteiger partial charge is 0.129 e. The van der Waals surface area contributed by atoms with Gasteiger partial charge >= 0.3 is 0 Å². The third-order valence-electron chi connectivity index (χ3n) is 5.08. The fourth-order valence-corrected chi connectivity index (χ4v) is 3.36. The van der Waals surface area contributed by atoms with Crippen molar-refractivity contribution in [3.63, 3.8) is 0 Å². The maximum absolute atomic E-state index is 14.3. The topological polar surface area (TPSA) is 34.1 Å². The first kappa shape index (κ1) is 17.8. The molecule has 2 atom stereocenters. The zero-order valence-electron chi connectivity index (χ0n) is 14.6. The van der Waals surface area contributed by atoms with Crippen LogP contribution in [0.15, 0.2) is 48.8 Å². The van der Waals surface area contributed by atoms with Crippen molar-refractivity contribution in [3.05, 3.63) is 71.6 Å². The summed E-state index contributed by atoms with van der Waals surface area (Å²) in [7, 11) is 0. The number of nitrogens with zero attached hydrogens (tertiary/aromatic N) is 1. The Morgan fingerprint density at radius 3 is 2.70 bits per heavy atom. The summed E-state index contributed by atoms with van der Waals surface area (Å²) < 4.78 is 46.4. The van der Waals surface area contributed by atoms with Crippen LogP contribution in [0.2, 0.25) is 0 Å². The van der Waals surface area contributed by atoms with Gasteiger partial charge in [0.2, 0.25) is 0 Å². The van der Waals surface area contributed by atoms with Crippen molar-refractivity contribution in [2.45, 2.75) is 38.2 Å². The molecule has 3 aromatic rings. The third kappa shape index (κ3) is 3.62. The number of nitrogens with one attached hydrogen (secondary N) is 1. The van der Waals surface area contributed by atoms with Gasteiger partial charge < -0.3 is 10.1 Å². The van der Waals surface area contributed by atoms with E-state index >= 15 is 0 Å². The second-order valence-electron chi connectivity index (χ2n) is 6.73. The predicted octanol–water partition coefficient (Wildman–Crippen LogP) is 4.68. The number of benzene rings is 2. The summed E-state index contributed by atoms with van der Waals surface area (Å²) in [5.74, 6) is -0.388. The van der Waals surface area contributed by atoms with Crippen molar-refractivity contribution in [1.29, 1.82) is 0 Å². The highest BCUT2D eigenvalue weighted by atomic mass is 19.1. The van der Waals surface area contributed by atoms with E-state index < -0.39 is 12.5 Å². The molecule has 3 nitrogen and oxygen atoms in total. The molecule has 140 valence electrons. The van der Waals surface area contributed by atoms with Crippen molar-refractivity contribution in [1.82, 2.24) is 10.3 Å². The summed E-state index contributed by atoms with van der Waals surface area (Å²) in [6.07, 6.45) is 4.99. The SMILES string of the molecule is FCc1cc(O[C@@H]2CC[C@H]2NCc2c(F)ccc3cnccc23)ccc1F. The Labute approximate surface area is 155 Å². The van der Waals surface area contributed by atoms with Crippen LogP contribution in [-0.4, -0.2) is 17.1 Å². The van der Waals surface area contributed by atoms with Gasteiger partial charge in [0.25, 0.3) is 0 Å². The Morgan fingerprint density at radius 2 is 1.93 bits per heavy atom. The molecule has 1 aromatic heterocycles. The van der Waals surface area contributed by atoms with E-state index in [-0.39, 0.29) is 23.5 Å². The number of hydrogen-bond donors (Lipinski definition) is 1. The lowest BCUT2D eigenvalue weighted by Crippen LogP contribution is -2.50. The molecule has 0 saturated heterocycles. The summed E-state index contributed by atoms with van der Waals surface area (Å²) in [5.41, 5.74) is 0.588. The minimum atomic E-state index is -0.870. The van der Waals surface area contributed by atoms with Crippen LogP contribution in [0.1, 0.15) is 24.0 Å². The van der Waals surface area contributed by atoms with Gasteiger partial charge in [-0.05, 0) is 54.6 Å². The van der Waals surface area contributed by atoms with Crippen LogP contribution >= 0.6 is 0 Å². The standard InChI is InChI=1S/C21H19F3N2O/c22-10-14-9-15(2-4-18(14)23)27-21-6-5-20(21)26-12-17-16-7-8-25-11-13(16)1-3-19(17)24/h1-4,7-9,11,20-21,26H,5-6,10,12H2/t20-,21-/m1/s1. The predicted molar refractivity (Wildman–Crippen MR) is 97.2 cm³/mol. The zero-order valence-corrected chi connectivity index (χ0v) is 14.6. The Bertz CT molecular complexity index is 963. The molecule has 1 heterocycles. The highest BCUT2D eigenvalue weighted by Crippen LogP contribution is 2.28. The molecule has 1 saturated carbocycles. The summed E-state index contributed by atoms with van der Waals surface area (Å²) in [5, 5.41) is 5.07. The summed E-state index contributed by atoms with van der Waals surface area (Å²) in [6, 6.07) is 9.13. The van der Waals surface area contributed by atoms with Gasteiger partial charge in [0.15, 0.2) is 0 Å². The van der Waals surface area contributed by atoms with Crippen LogP contribution in [0.5, 0.6) is 5.75 Å². The van der Waals surface area contributed by atoms with Gasteiger partial charge in [-0.15, -0.1) is 0 Å². The summed E-state index contributed by atoms with van der Waals surface area (Å²) in [4.78, 5) is 4.07. The van der Waals surface area contributed by atoms with Crippen LogP contribution in [0.25, 0.3) is 10.8 Å². The van der Waals surface area contributed by atoms with Crippen LogP contribution < -0.4 is 10.1 Å². The number of alkyl halides is 1. The van der Waals surface area contributed by atoms with Gasteiger partial charge in [-0.1, -0.05) is 0 Å². The van der Waals surface area contributed by atoms with E-state index in [0.717, 1.165) is 23.6 Å². The average molecular weight is 372 g/mol. The molecule has 0 spiro atoms. The minimum absolute atomic E-state index is 0.0113. The molecule has 0 amide bonds. The van der Waals surface area contributed by atoms with E-state index in [0.29, 0.717) is 17.9 Å². The number of fused-ring (bicyclic) bond motifs is 1. The zero-order chi connectivity index (χ0) is 18.8. The van der Waals surface area contributed by atoms with E-state index in [9.17, 15) is 13.2 Å². The molecular formula is C21H19F3N2O. The van der Waals surface area contributed by atoms with Crippen molar-refractivity contribution in [2.75, 3.05) is 0 Å². The Morgan fingerprint density at radius 1 is 1.07 bits per heavy atom. The van der Waals surface area contributed by atoms with Crippen LogP contribution in [0, 0.1) is 11.6 Å². The van der Waals surface area contributed by atoms with E-state index in [1.54, 1.807) is 24.5 Å². The highest BCUT2D eigenvalue weighted by molar-refractivity contribution is 5.84. The molecule has 1 fully saturated rings. The van der Waals surface area contributed by atoms with Gasteiger partial charge in [-0.25, -0.2) is 13.2 Å². The maximum Gasteiger partial charge on any atom is 0.129 e. The quantitative estimate of drug-likeness (QED) is 0.682. The monoisotopic (exact) mass is 372 g/mol. The van der Waals surface area contributed by atoms with Crippen LogP contribution in [0.3, 0.4) is 0 Å². The maximum atomic E-state index is 14.3. The lowest BCUT2D eigenvalue weighted by Gasteiger charge is -2.37. The third-order valence-corrected chi connectivity index (χ3v) is 5.08. The molecule has 0 unspecified atom stereocenters. The second-order valence-corrected chi connectivity index (χ2v) is 6.73. The molecule has 2 aromatic carbocycles. The van der Waals surface area contributed by atoms with E-state index in [4.69, 9.17) is 4.74 Å². The lowest BCUT2D eigenvalue weighted by atomic mass is 9.88. The van der Waals surface area contributed by atoms with Gasteiger partial charge in [0.1, 0.15) is 30.2 Å². The molecule has 1 aliphatic rings. The van der Waals surface area contributed by atoms with E-state index in [1.807, 2.05) is 0 Å². The van der Waals surface area contributed by atoms with Gasteiger partial charge in [-0.3, -0.25) is 4.98 Å². The van der Waals surface area contributed by atoms with E-state index in [1.165, 1.54) is 24.3 Å². The van der Waals surface area contributed by atoms with Crippen LogP contribution in [0.4, 0.5) is 13.2 Å². The van der Waals surface area contributed by atoms with Crippen molar-refractivity contribution < 1.29 is 17.9 Å². The Balaban J connectivity index is 1.43. The molecule has 6 heteroatoms. The molecule has 4 rings (SSSR count). The number of ether oxygens (including phenoxy) is 1. The number of hydrogen-bond acceptors (Lipinski definition) is 3. The van der Waals surface area contributed by atoms with Crippen molar-refractivity contribution in [3.8, 4) is 5.75 Å². The fraction of sp³-hybridized carbons (Fsp3) is 0.286. The number of aromatic nitrogens is 1. The molecule has 27 heavy (non-hydrogen) atoms. The number of rotatable bonds is 6. The molecular weight excluding hydrogens is 353 g/mol. The largest absolute Gasteiger partial charge is 0.489 e. The summed E-state index contributed by atoms with van der Waals surface area (Å²) in [6.45, 7) is -0.499. The first-order valence-corrected chi connectivity index (χ1v) is 8.91. The number of halogens is 3. The molecule has 1 aliphatic carbocycles. The minimum Gasteiger partial charge on any atom is -0.489 e. The van der Waals surface area contributed by atoms with Crippen LogP contribution in [-0.2, 0) is 13.2 Å². The molecule has 0 radical (unpaired) electrons. The average Bonchev–Trinajstić information content (AvgIpc) is 2.68. The first-order valence-electron chi connectivity index (χ1n) is 8.91. The fourth-order valence-electron chi connectivity index (χ4n) is 3.36.